The van der Waals surface area contributed by atoms with E-state index in [1.54, 1.807) is 6.92 Å². The number of hydrogen-bond donors (Lipinski definition) is 0. The molecule has 92 valence electrons. The molecule has 0 spiro atoms. The second kappa shape index (κ2) is 4.99. The number of benzene rings is 1. The molecule has 0 unspecified atom stereocenters. The Balaban J connectivity index is 3.00. The van der Waals surface area contributed by atoms with Gasteiger partial charge < -0.3 is 0 Å². The van der Waals surface area contributed by atoms with Crippen molar-refractivity contribution in [2.45, 2.75) is 19.5 Å². The van der Waals surface area contributed by atoms with E-state index in [4.69, 9.17) is 0 Å². The maximum Gasteiger partial charge on any atom is 0.416 e. The maximum absolute atomic E-state index is 12.3. The molecule has 0 aromatic heterocycles. The van der Waals surface area contributed by atoms with E-state index in [0.717, 1.165) is 12.1 Å². The third-order valence-corrected chi connectivity index (χ3v) is 2.17. The van der Waals surface area contributed by atoms with Crippen LogP contribution in [-0.4, -0.2) is 4.92 Å². The number of hydrogen-bond acceptors (Lipinski definition) is 2. The van der Waals surface area contributed by atoms with Crippen LogP contribution in [0.1, 0.15) is 24.5 Å². The Labute approximate surface area is 95.7 Å². The molecule has 0 amide bonds. The fourth-order valence-electron chi connectivity index (χ4n) is 1.24. The number of halogens is 3. The van der Waals surface area contributed by atoms with Crippen LogP contribution in [0.3, 0.4) is 0 Å². The summed E-state index contributed by atoms with van der Waals surface area (Å²) >= 11 is 0. The molecule has 0 aliphatic carbocycles. The lowest BCUT2D eigenvalue weighted by molar-refractivity contribution is -0.425. The van der Waals surface area contributed by atoms with E-state index in [1.807, 2.05) is 0 Å². The van der Waals surface area contributed by atoms with Crippen molar-refractivity contribution in [3.63, 3.8) is 0 Å². The van der Waals surface area contributed by atoms with Gasteiger partial charge in [0.05, 0.1) is 10.5 Å². The minimum Gasteiger partial charge on any atom is -0.259 e. The third kappa shape index (κ3) is 3.58. The standard InChI is InChI=1S/C11H10F3NO2/c1-2-10(15(16)17)7-8-3-5-9(6-4-8)11(12,13)14/h3-7H,2H2,1H3/b10-7+. The van der Waals surface area contributed by atoms with Crippen LogP contribution in [0.4, 0.5) is 13.2 Å². The summed E-state index contributed by atoms with van der Waals surface area (Å²) in [4.78, 5) is 9.97. The Hall–Kier alpha value is -1.85. The number of allylic oxidation sites excluding steroid dienone is 1. The lowest BCUT2D eigenvalue weighted by Crippen LogP contribution is -2.04. The fraction of sp³-hybridized carbons (Fsp3) is 0.273. The van der Waals surface area contributed by atoms with Gasteiger partial charge in [-0.15, -0.1) is 0 Å². The molecule has 0 heterocycles. The molecule has 0 atom stereocenters. The molecule has 17 heavy (non-hydrogen) atoms. The fourth-order valence-corrected chi connectivity index (χ4v) is 1.24. The minimum atomic E-state index is -4.39. The van der Waals surface area contributed by atoms with Crippen molar-refractivity contribution in [1.29, 1.82) is 0 Å². The van der Waals surface area contributed by atoms with Crippen molar-refractivity contribution in [3.8, 4) is 0 Å². The maximum atomic E-state index is 12.3. The normalized spacial score (nSPS) is 12.6. The zero-order valence-electron chi connectivity index (χ0n) is 8.99. The molecule has 3 nitrogen and oxygen atoms in total. The molecule has 1 rings (SSSR count). The molecule has 0 radical (unpaired) electrons. The van der Waals surface area contributed by atoms with E-state index in [2.05, 4.69) is 0 Å². The topological polar surface area (TPSA) is 43.1 Å². The van der Waals surface area contributed by atoms with Crippen molar-refractivity contribution in [2.24, 2.45) is 0 Å². The first-order valence-electron chi connectivity index (χ1n) is 4.87. The summed E-state index contributed by atoms with van der Waals surface area (Å²) in [5.74, 6) is 0. The largest absolute Gasteiger partial charge is 0.416 e. The zero-order chi connectivity index (χ0) is 13.1. The molecule has 0 aliphatic heterocycles. The lowest BCUT2D eigenvalue weighted by Gasteiger charge is -2.05. The summed E-state index contributed by atoms with van der Waals surface area (Å²) in [6.45, 7) is 1.61. The van der Waals surface area contributed by atoms with Crippen LogP contribution in [0.5, 0.6) is 0 Å². The lowest BCUT2D eigenvalue weighted by atomic mass is 10.1. The summed E-state index contributed by atoms with van der Waals surface area (Å²) < 4.78 is 36.8. The minimum absolute atomic E-state index is 0.0373. The Bertz CT molecular complexity index is 435. The first-order valence-corrected chi connectivity index (χ1v) is 4.87. The van der Waals surface area contributed by atoms with Crippen molar-refractivity contribution >= 4 is 6.08 Å². The van der Waals surface area contributed by atoms with Gasteiger partial charge >= 0.3 is 6.18 Å². The van der Waals surface area contributed by atoms with Gasteiger partial charge in [-0.1, -0.05) is 19.1 Å². The summed E-state index contributed by atoms with van der Waals surface area (Å²) in [5.41, 5.74) is -0.426. The van der Waals surface area contributed by atoms with Crippen molar-refractivity contribution in [2.75, 3.05) is 0 Å². The number of alkyl halides is 3. The first-order chi connectivity index (χ1) is 7.84. The predicted molar refractivity (Wildman–Crippen MR) is 56.7 cm³/mol. The van der Waals surface area contributed by atoms with Crippen LogP contribution in [0.25, 0.3) is 6.08 Å². The molecule has 1 aromatic rings. The molecule has 0 bridgehead atoms. The molecule has 6 heteroatoms. The van der Waals surface area contributed by atoms with E-state index in [9.17, 15) is 23.3 Å². The quantitative estimate of drug-likeness (QED) is 0.601. The average molecular weight is 245 g/mol. The van der Waals surface area contributed by atoms with Gasteiger partial charge in [-0.3, -0.25) is 10.1 Å². The van der Waals surface area contributed by atoms with Gasteiger partial charge in [0.2, 0.25) is 5.70 Å². The van der Waals surface area contributed by atoms with Gasteiger partial charge in [0.15, 0.2) is 0 Å². The van der Waals surface area contributed by atoms with Gasteiger partial charge in [-0.2, -0.15) is 13.2 Å². The van der Waals surface area contributed by atoms with E-state index >= 15 is 0 Å². The molecule has 0 aliphatic rings. The molecular formula is C11H10F3NO2. The Kier molecular flexibility index (Phi) is 3.88. The summed E-state index contributed by atoms with van der Waals surface area (Å²) in [7, 11) is 0. The van der Waals surface area contributed by atoms with Crippen LogP contribution in [0.15, 0.2) is 30.0 Å². The van der Waals surface area contributed by atoms with Crippen LogP contribution < -0.4 is 0 Å². The van der Waals surface area contributed by atoms with Gasteiger partial charge in [0.1, 0.15) is 0 Å². The molecule has 0 N–H and O–H groups in total. The van der Waals surface area contributed by atoms with Crippen LogP contribution in [0.2, 0.25) is 0 Å². The highest BCUT2D eigenvalue weighted by atomic mass is 19.4. The van der Waals surface area contributed by atoms with E-state index < -0.39 is 16.7 Å². The second-order valence-electron chi connectivity index (χ2n) is 3.37. The summed E-state index contributed by atoms with van der Waals surface area (Å²) in [5, 5.41) is 10.5. The summed E-state index contributed by atoms with van der Waals surface area (Å²) in [6, 6.07) is 4.22. The van der Waals surface area contributed by atoms with Crippen molar-refractivity contribution < 1.29 is 18.1 Å². The van der Waals surface area contributed by atoms with Crippen molar-refractivity contribution in [3.05, 3.63) is 51.2 Å². The Morgan fingerprint density at radius 2 is 1.88 bits per heavy atom. The summed E-state index contributed by atoms with van der Waals surface area (Å²) in [6.07, 6.45) is -2.91. The third-order valence-electron chi connectivity index (χ3n) is 2.17. The molecule has 0 saturated carbocycles. The Morgan fingerprint density at radius 3 is 2.24 bits per heavy atom. The van der Waals surface area contributed by atoms with Crippen LogP contribution in [-0.2, 0) is 6.18 Å². The van der Waals surface area contributed by atoms with Crippen LogP contribution >= 0.6 is 0 Å². The zero-order valence-corrected chi connectivity index (χ0v) is 8.99. The highest BCUT2D eigenvalue weighted by molar-refractivity contribution is 5.51. The van der Waals surface area contributed by atoms with E-state index in [-0.39, 0.29) is 12.1 Å². The van der Waals surface area contributed by atoms with Crippen molar-refractivity contribution in [1.82, 2.24) is 0 Å². The molecule has 0 saturated heterocycles. The average Bonchev–Trinajstić information content (AvgIpc) is 2.25. The SMILES string of the molecule is CC/C(=C\c1ccc(C(F)(F)F)cc1)[N+](=O)[O-]. The monoisotopic (exact) mass is 245 g/mol. The van der Waals surface area contributed by atoms with Gasteiger partial charge in [-0.05, 0) is 17.7 Å². The molecular weight excluding hydrogens is 235 g/mol. The van der Waals surface area contributed by atoms with Gasteiger partial charge in [0, 0.05) is 12.5 Å². The van der Waals surface area contributed by atoms with E-state index in [1.165, 1.54) is 18.2 Å². The highest BCUT2D eigenvalue weighted by Gasteiger charge is 2.29. The molecule has 0 fully saturated rings. The second-order valence-corrected chi connectivity index (χ2v) is 3.37. The number of nitrogens with zero attached hydrogens (tertiary/aromatic N) is 1. The van der Waals surface area contributed by atoms with Gasteiger partial charge in [0.25, 0.3) is 0 Å². The number of rotatable bonds is 3. The smallest absolute Gasteiger partial charge is 0.259 e. The predicted octanol–water partition coefficient (Wildman–Crippen LogP) is 3.73. The van der Waals surface area contributed by atoms with E-state index in [0.29, 0.717) is 5.56 Å². The number of nitro groups is 1. The highest BCUT2D eigenvalue weighted by Crippen LogP contribution is 2.29. The molecule has 1 aromatic carbocycles. The van der Waals surface area contributed by atoms with Crippen LogP contribution in [0, 0.1) is 10.1 Å². The Morgan fingerprint density at radius 1 is 1.35 bits per heavy atom. The van der Waals surface area contributed by atoms with Gasteiger partial charge in [-0.25, -0.2) is 0 Å². The first kappa shape index (κ1) is 13.2.